The summed E-state index contributed by atoms with van der Waals surface area (Å²) < 4.78 is 9.95. The maximum atomic E-state index is 11.4. The highest BCUT2D eigenvalue weighted by molar-refractivity contribution is 6.03. The minimum Gasteiger partial charge on any atom is -0.497 e. The molecule has 1 rings (SSSR count). The first-order valence-corrected chi connectivity index (χ1v) is 6.14. The van der Waals surface area contributed by atoms with E-state index in [1.165, 1.54) is 0 Å². The second-order valence-electron chi connectivity index (χ2n) is 4.12. The molecule has 0 aromatic heterocycles. The first kappa shape index (κ1) is 15.0. The third-order valence-corrected chi connectivity index (χ3v) is 2.74. The molecular formula is C14H19NO4. The minimum absolute atomic E-state index is 0.180. The van der Waals surface area contributed by atoms with Crippen LogP contribution in [-0.4, -0.2) is 30.6 Å². The van der Waals surface area contributed by atoms with E-state index < -0.39 is 0 Å². The van der Waals surface area contributed by atoms with Crippen LogP contribution in [0.5, 0.6) is 5.75 Å². The van der Waals surface area contributed by atoms with E-state index in [4.69, 9.17) is 14.7 Å². The number of oxime groups is 1. The highest BCUT2D eigenvalue weighted by Crippen LogP contribution is 2.17. The molecule has 1 N–H and O–H groups in total. The van der Waals surface area contributed by atoms with Crippen molar-refractivity contribution in [2.75, 3.05) is 13.7 Å². The maximum absolute atomic E-state index is 11.4. The Morgan fingerprint density at radius 3 is 2.47 bits per heavy atom. The van der Waals surface area contributed by atoms with Crippen molar-refractivity contribution >= 4 is 11.7 Å². The lowest BCUT2D eigenvalue weighted by Gasteiger charge is -2.13. The molecule has 0 saturated carbocycles. The Morgan fingerprint density at radius 1 is 1.37 bits per heavy atom. The van der Waals surface area contributed by atoms with Crippen LogP contribution >= 0.6 is 0 Å². The number of nitrogens with zero attached hydrogens (tertiary/aromatic N) is 1. The lowest BCUT2D eigenvalue weighted by atomic mass is 9.95. The third-order valence-electron chi connectivity index (χ3n) is 2.74. The van der Waals surface area contributed by atoms with E-state index in [-0.39, 0.29) is 18.3 Å². The SMILES string of the molecule is CCOC(=O)CC(C)C(=NO)c1ccc(OC)cc1. The van der Waals surface area contributed by atoms with Crippen LogP contribution in [0.3, 0.4) is 0 Å². The quantitative estimate of drug-likeness (QED) is 0.371. The molecule has 0 amide bonds. The van der Waals surface area contributed by atoms with Crippen LogP contribution in [0.15, 0.2) is 29.4 Å². The number of hydrogen-bond donors (Lipinski definition) is 1. The van der Waals surface area contributed by atoms with Crippen molar-refractivity contribution in [1.82, 2.24) is 0 Å². The van der Waals surface area contributed by atoms with Crippen LogP contribution in [0.1, 0.15) is 25.8 Å². The number of hydrogen-bond acceptors (Lipinski definition) is 5. The molecule has 1 aromatic rings. The second kappa shape index (κ2) is 7.41. The monoisotopic (exact) mass is 265 g/mol. The zero-order chi connectivity index (χ0) is 14.3. The summed E-state index contributed by atoms with van der Waals surface area (Å²) in [6.07, 6.45) is 0.180. The first-order chi connectivity index (χ1) is 9.12. The fraction of sp³-hybridized carbons (Fsp3) is 0.429. The normalized spacial score (nSPS) is 12.9. The van der Waals surface area contributed by atoms with Crippen molar-refractivity contribution < 1.29 is 19.5 Å². The second-order valence-corrected chi connectivity index (χ2v) is 4.12. The summed E-state index contributed by atoms with van der Waals surface area (Å²) in [6, 6.07) is 7.13. The van der Waals surface area contributed by atoms with E-state index in [0.29, 0.717) is 12.3 Å². The van der Waals surface area contributed by atoms with Gasteiger partial charge in [0.2, 0.25) is 0 Å². The molecule has 0 aliphatic heterocycles. The molecule has 1 aromatic carbocycles. The predicted molar refractivity (Wildman–Crippen MR) is 71.7 cm³/mol. The van der Waals surface area contributed by atoms with Gasteiger partial charge in [-0.1, -0.05) is 12.1 Å². The number of carbonyl (C=O) groups is 1. The average Bonchev–Trinajstić information content (AvgIpc) is 2.40. The van der Waals surface area contributed by atoms with E-state index in [0.717, 1.165) is 11.3 Å². The van der Waals surface area contributed by atoms with Gasteiger partial charge in [-0.3, -0.25) is 4.79 Å². The van der Waals surface area contributed by atoms with Gasteiger partial charge in [0.15, 0.2) is 0 Å². The molecule has 0 radical (unpaired) electrons. The number of ether oxygens (including phenoxy) is 2. The van der Waals surface area contributed by atoms with Gasteiger partial charge < -0.3 is 14.7 Å². The summed E-state index contributed by atoms with van der Waals surface area (Å²) >= 11 is 0. The molecule has 0 bridgehead atoms. The highest BCUT2D eigenvalue weighted by Gasteiger charge is 2.18. The molecule has 1 unspecified atom stereocenters. The van der Waals surface area contributed by atoms with Crippen molar-refractivity contribution in [3.63, 3.8) is 0 Å². The number of carbonyl (C=O) groups excluding carboxylic acids is 1. The van der Waals surface area contributed by atoms with Gasteiger partial charge in [-0.05, 0) is 36.8 Å². The fourth-order valence-corrected chi connectivity index (χ4v) is 1.77. The zero-order valence-corrected chi connectivity index (χ0v) is 11.4. The molecule has 0 aliphatic carbocycles. The van der Waals surface area contributed by atoms with Crippen LogP contribution in [-0.2, 0) is 9.53 Å². The molecule has 0 saturated heterocycles. The van der Waals surface area contributed by atoms with Crippen molar-refractivity contribution in [3.8, 4) is 5.75 Å². The van der Waals surface area contributed by atoms with Crippen molar-refractivity contribution in [1.29, 1.82) is 0 Å². The molecule has 5 nitrogen and oxygen atoms in total. The van der Waals surface area contributed by atoms with Gasteiger partial charge in [-0.15, -0.1) is 0 Å². The fourth-order valence-electron chi connectivity index (χ4n) is 1.77. The van der Waals surface area contributed by atoms with Gasteiger partial charge in [0.25, 0.3) is 0 Å². The lowest BCUT2D eigenvalue weighted by molar-refractivity contribution is -0.143. The predicted octanol–water partition coefficient (Wildman–Crippen LogP) is 2.46. The summed E-state index contributed by atoms with van der Waals surface area (Å²) in [5.74, 6) is 0.196. The van der Waals surface area contributed by atoms with Crippen LogP contribution < -0.4 is 4.74 Å². The standard InChI is InChI=1S/C14H19NO4/c1-4-19-13(16)9-10(2)14(15-17)11-5-7-12(18-3)8-6-11/h5-8,10,17H,4,9H2,1-3H3. The summed E-state index contributed by atoms with van der Waals surface area (Å²) in [5, 5.41) is 12.4. The van der Waals surface area contributed by atoms with E-state index in [2.05, 4.69) is 5.16 Å². The summed E-state index contributed by atoms with van der Waals surface area (Å²) in [5.41, 5.74) is 1.20. The highest BCUT2D eigenvalue weighted by atomic mass is 16.5. The van der Waals surface area contributed by atoms with Crippen LogP contribution in [0.25, 0.3) is 0 Å². The lowest BCUT2D eigenvalue weighted by Crippen LogP contribution is -2.18. The maximum Gasteiger partial charge on any atom is 0.306 e. The number of rotatable bonds is 6. The molecule has 0 heterocycles. The van der Waals surface area contributed by atoms with E-state index >= 15 is 0 Å². The van der Waals surface area contributed by atoms with Gasteiger partial charge in [-0.25, -0.2) is 0 Å². The number of esters is 1. The molecule has 0 fully saturated rings. The molecule has 5 heteroatoms. The summed E-state index contributed by atoms with van der Waals surface area (Å²) in [6.45, 7) is 3.92. The van der Waals surface area contributed by atoms with Gasteiger partial charge in [-0.2, -0.15) is 0 Å². The van der Waals surface area contributed by atoms with Crippen molar-refractivity contribution in [2.45, 2.75) is 20.3 Å². The van der Waals surface area contributed by atoms with Gasteiger partial charge in [0.05, 0.1) is 25.8 Å². The van der Waals surface area contributed by atoms with E-state index in [1.807, 2.05) is 6.92 Å². The Morgan fingerprint density at radius 2 is 2.00 bits per heavy atom. The Balaban J connectivity index is 2.79. The average molecular weight is 265 g/mol. The Bertz CT molecular complexity index is 439. The minimum atomic E-state index is -0.301. The molecule has 1 atom stereocenters. The largest absolute Gasteiger partial charge is 0.497 e. The number of benzene rings is 1. The molecule has 19 heavy (non-hydrogen) atoms. The van der Waals surface area contributed by atoms with Gasteiger partial charge in [0.1, 0.15) is 5.75 Å². The number of methoxy groups -OCH3 is 1. The molecule has 0 aliphatic rings. The van der Waals surface area contributed by atoms with Crippen molar-refractivity contribution in [3.05, 3.63) is 29.8 Å². The van der Waals surface area contributed by atoms with Gasteiger partial charge >= 0.3 is 5.97 Å². The van der Waals surface area contributed by atoms with E-state index in [1.54, 1.807) is 38.3 Å². The zero-order valence-electron chi connectivity index (χ0n) is 11.4. The van der Waals surface area contributed by atoms with Crippen LogP contribution in [0.2, 0.25) is 0 Å². The first-order valence-electron chi connectivity index (χ1n) is 6.14. The Hall–Kier alpha value is -2.04. The van der Waals surface area contributed by atoms with Crippen molar-refractivity contribution in [2.24, 2.45) is 11.1 Å². The molecule has 0 spiro atoms. The molecular weight excluding hydrogens is 246 g/mol. The third kappa shape index (κ3) is 4.28. The van der Waals surface area contributed by atoms with Crippen LogP contribution in [0.4, 0.5) is 0 Å². The molecule has 104 valence electrons. The van der Waals surface area contributed by atoms with Crippen LogP contribution in [0, 0.1) is 5.92 Å². The van der Waals surface area contributed by atoms with E-state index in [9.17, 15) is 4.79 Å². The Kier molecular flexibility index (Phi) is 5.85. The smallest absolute Gasteiger partial charge is 0.306 e. The topological polar surface area (TPSA) is 68.1 Å². The summed E-state index contributed by atoms with van der Waals surface area (Å²) in [4.78, 5) is 11.4. The Labute approximate surface area is 112 Å². The summed E-state index contributed by atoms with van der Waals surface area (Å²) in [7, 11) is 1.58. The van der Waals surface area contributed by atoms with Gasteiger partial charge in [0, 0.05) is 5.92 Å².